The van der Waals surface area contributed by atoms with Crippen LogP contribution in [0.5, 0.6) is 11.5 Å². The van der Waals surface area contributed by atoms with Crippen LogP contribution in [0.15, 0.2) is 42.5 Å². The van der Waals surface area contributed by atoms with E-state index in [4.69, 9.17) is 21.1 Å². The second-order valence-electron chi connectivity index (χ2n) is 7.36. The Labute approximate surface area is 186 Å². The molecule has 31 heavy (non-hydrogen) atoms. The summed E-state index contributed by atoms with van der Waals surface area (Å²) in [5.41, 5.74) is 0.430. The van der Waals surface area contributed by atoms with Gasteiger partial charge in [0, 0.05) is 30.6 Å². The number of methoxy groups -OCH3 is 1. The average Bonchev–Trinajstić information content (AvgIpc) is 2.79. The van der Waals surface area contributed by atoms with Crippen molar-refractivity contribution in [3.63, 3.8) is 0 Å². The molecule has 1 aliphatic rings. The molecule has 1 saturated heterocycles. The van der Waals surface area contributed by atoms with Gasteiger partial charge in [0.1, 0.15) is 17.3 Å². The molecule has 0 bridgehead atoms. The molecule has 0 saturated carbocycles. The van der Waals surface area contributed by atoms with Crippen LogP contribution in [0.1, 0.15) is 29.6 Å². The van der Waals surface area contributed by atoms with Crippen LogP contribution in [0.4, 0.5) is 4.39 Å². The Morgan fingerprint density at radius 2 is 1.87 bits per heavy atom. The quantitative estimate of drug-likeness (QED) is 0.621. The molecule has 0 atom stereocenters. The minimum absolute atomic E-state index is 0.00535. The zero-order valence-corrected chi connectivity index (χ0v) is 18.2. The molecule has 0 aromatic heterocycles. The van der Waals surface area contributed by atoms with Crippen LogP contribution in [-0.2, 0) is 4.79 Å². The number of hydrogen-bond acceptors (Lipinski definition) is 4. The normalized spacial score (nSPS) is 14.2. The van der Waals surface area contributed by atoms with Gasteiger partial charge in [-0.05, 0) is 61.7 Å². The Balaban J connectivity index is 1.39. The number of rotatable bonds is 8. The highest BCUT2D eigenvalue weighted by molar-refractivity contribution is 6.31. The van der Waals surface area contributed by atoms with Gasteiger partial charge in [-0.2, -0.15) is 0 Å². The minimum Gasteiger partial charge on any atom is -0.496 e. The van der Waals surface area contributed by atoms with Crippen LogP contribution in [-0.4, -0.2) is 50.1 Å². The van der Waals surface area contributed by atoms with E-state index in [9.17, 15) is 14.0 Å². The van der Waals surface area contributed by atoms with Crippen molar-refractivity contribution in [3.8, 4) is 11.5 Å². The van der Waals surface area contributed by atoms with E-state index in [1.807, 2.05) is 0 Å². The summed E-state index contributed by atoms with van der Waals surface area (Å²) in [6.07, 6.45) is 1.86. The summed E-state index contributed by atoms with van der Waals surface area (Å²) in [6, 6.07) is 10.8. The maximum Gasteiger partial charge on any atom is 0.257 e. The third-order valence-corrected chi connectivity index (χ3v) is 5.48. The molecule has 1 fully saturated rings. The van der Waals surface area contributed by atoms with Gasteiger partial charge in [0.15, 0.2) is 0 Å². The highest BCUT2D eigenvalue weighted by atomic mass is 35.5. The Hall–Kier alpha value is -2.80. The molecule has 2 amide bonds. The van der Waals surface area contributed by atoms with Gasteiger partial charge in [-0.3, -0.25) is 9.59 Å². The molecular weight excluding hydrogens is 423 g/mol. The van der Waals surface area contributed by atoms with Crippen molar-refractivity contribution in [2.75, 3.05) is 33.4 Å². The molecule has 0 unspecified atom stereocenters. The van der Waals surface area contributed by atoms with Gasteiger partial charge in [-0.15, -0.1) is 0 Å². The summed E-state index contributed by atoms with van der Waals surface area (Å²) in [5, 5.41) is 3.40. The van der Waals surface area contributed by atoms with Crippen LogP contribution < -0.4 is 14.8 Å². The number of piperidine rings is 1. The molecular formula is C23H26ClFN2O4. The fourth-order valence-corrected chi connectivity index (χ4v) is 3.68. The molecule has 0 radical (unpaired) electrons. The maximum atomic E-state index is 12.9. The van der Waals surface area contributed by atoms with Gasteiger partial charge >= 0.3 is 0 Å². The summed E-state index contributed by atoms with van der Waals surface area (Å²) >= 11 is 6.03. The summed E-state index contributed by atoms with van der Waals surface area (Å²) in [7, 11) is 1.52. The number of benzene rings is 2. The van der Waals surface area contributed by atoms with E-state index in [1.165, 1.54) is 19.2 Å². The van der Waals surface area contributed by atoms with E-state index < -0.39 is 0 Å². The van der Waals surface area contributed by atoms with E-state index in [0.29, 0.717) is 67.6 Å². The van der Waals surface area contributed by atoms with Crippen LogP contribution in [0.3, 0.4) is 0 Å². The van der Waals surface area contributed by atoms with E-state index in [-0.39, 0.29) is 23.5 Å². The smallest absolute Gasteiger partial charge is 0.257 e. The molecule has 0 spiro atoms. The van der Waals surface area contributed by atoms with Gasteiger partial charge in [0.25, 0.3) is 5.91 Å². The first-order valence-corrected chi connectivity index (χ1v) is 10.6. The molecule has 1 heterocycles. The Kier molecular flexibility index (Phi) is 8.12. The van der Waals surface area contributed by atoms with Crippen molar-refractivity contribution >= 4 is 23.4 Å². The number of nitrogens with one attached hydrogen (secondary N) is 1. The summed E-state index contributed by atoms with van der Waals surface area (Å²) < 4.78 is 23.7. The van der Waals surface area contributed by atoms with E-state index in [1.54, 1.807) is 35.2 Å². The van der Waals surface area contributed by atoms with Crippen LogP contribution >= 0.6 is 11.6 Å². The highest BCUT2D eigenvalue weighted by Crippen LogP contribution is 2.26. The van der Waals surface area contributed by atoms with Gasteiger partial charge in [-0.1, -0.05) is 11.6 Å². The first-order chi connectivity index (χ1) is 15.0. The molecule has 166 valence electrons. The highest BCUT2D eigenvalue weighted by Gasteiger charge is 2.28. The predicted octanol–water partition coefficient (Wildman–Crippen LogP) is 3.93. The van der Waals surface area contributed by atoms with Crippen molar-refractivity contribution in [3.05, 3.63) is 58.9 Å². The molecule has 1 aliphatic heterocycles. The SMILES string of the molecule is COc1ccc(Cl)cc1C(=O)N1CCC(C(=O)NCCCOc2ccc(F)cc2)CC1. The van der Waals surface area contributed by atoms with E-state index in [2.05, 4.69) is 5.32 Å². The number of amides is 2. The van der Waals surface area contributed by atoms with Crippen molar-refractivity contribution in [1.82, 2.24) is 10.2 Å². The fraction of sp³-hybridized carbons (Fsp3) is 0.391. The standard InChI is InChI=1S/C23H26ClFN2O4/c1-30-21-8-3-17(24)15-20(21)23(29)27-12-9-16(10-13-27)22(28)26-11-2-14-31-19-6-4-18(25)5-7-19/h3-8,15-16H,2,9-14H2,1H3,(H,26,28). The molecule has 8 heteroatoms. The first-order valence-electron chi connectivity index (χ1n) is 10.3. The lowest BCUT2D eigenvalue weighted by atomic mass is 9.95. The summed E-state index contributed by atoms with van der Waals surface area (Å²) in [5.74, 6) is 0.506. The van der Waals surface area contributed by atoms with Crippen LogP contribution in [0.25, 0.3) is 0 Å². The third kappa shape index (κ3) is 6.34. The molecule has 3 rings (SSSR count). The second kappa shape index (κ2) is 11.0. The number of likely N-dealkylation sites (tertiary alicyclic amines) is 1. The number of carbonyl (C=O) groups is 2. The molecule has 0 aliphatic carbocycles. The van der Waals surface area contributed by atoms with Gasteiger partial charge in [0.05, 0.1) is 19.3 Å². The molecule has 1 N–H and O–H groups in total. The largest absolute Gasteiger partial charge is 0.496 e. The second-order valence-corrected chi connectivity index (χ2v) is 7.79. The Morgan fingerprint density at radius 1 is 1.16 bits per heavy atom. The lowest BCUT2D eigenvalue weighted by Gasteiger charge is -2.31. The Bertz CT molecular complexity index is 899. The Morgan fingerprint density at radius 3 is 2.55 bits per heavy atom. The number of hydrogen-bond donors (Lipinski definition) is 1. The van der Waals surface area contributed by atoms with Crippen LogP contribution in [0.2, 0.25) is 5.02 Å². The van der Waals surface area contributed by atoms with E-state index >= 15 is 0 Å². The molecule has 2 aromatic rings. The van der Waals surface area contributed by atoms with Gasteiger partial charge < -0.3 is 19.7 Å². The van der Waals surface area contributed by atoms with Crippen molar-refractivity contribution in [2.24, 2.45) is 5.92 Å². The van der Waals surface area contributed by atoms with Gasteiger partial charge in [-0.25, -0.2) is 4.39 Å². The van der Waals surface area contributed by atoms with E-state index in [0.717, 1.165) is 0 Å². The summed E-state index contributed by atoms with van der Waals surface area (Å²) in [6.45, 7) is 1.93. The minimum atomic E-state index is -0.306. The fourth-order valence-electron chi connectivity index (χ4n) is 3.51. The molecule has 2 aromatic carbocycles. The number of halogens is 2. The predicted molar refractivity (Wildman–Crippen MR) is 116 cm³/mol. The zero-order chi connectivity index (χ0) is 22.2. The van der Waals surface area contributed by atoms with Crippen molar-refractivity contribution < 1.29 is 23.5 Å². The average molecular weight is 449 g/mol. The number of ether oxygens (including phenoxy) is 2. The van der Waals surface area contributed by atoms with Gasteiger partial charge in [0.2, 0.25) is 5.91 Å². The lowest BCUT2D eigenvalue weighted by molar-refractivity contribution is -0.126. The topological polar surface area (TPSA) is 67.9 Å². The summed E-state index contributed by atoms with van der Waals surface area (Å²) in [4.78, 5) is 27.0. The number of nitrogens with zero attached hydrogens (tertiary/aromatic N) is 1. The zero-order valence-electron chi connectivity index (χ0n) is 17.4. The lowest BCUT2D eigenvalue weighted by Crippen LogP contribution is -2.43. The van der Waals surface area contributed by atoms with Crippen molar-refractivity contribution in [1.29, 1.82) is 0 Å². The monoisotopic (exact) mass is 448 g/mol. The third-order valence-electron chi connectivity index (χ3n) is 5.25. The number of carbonyl (C=O) groups excluding carboxylic acids is 2. The van der Waals surface area contributed by atoms with Crippen LogP contribution in [0, 0.1) is 11.7 Å². The molecule has 6 nitrogen and oxygen atoms in total. The first kappa shape index (κ1) is 22.9. The maximum absolute atomic E-state index is 12.9. The van der Waals surface area contributed by atoms with Crippen molar-refractivity contribution in [2.45, 2.75) is 19.3 Å².